The van der Waals surface area contributed by atoms with Crippen LogP contribution in [0.1, 0.15) is 17.5 Å². The van der Waals surface area contributed by atoms with Gasteiger partial charge in [-0.1, -0.05) is 54.6 Å². The van der Waals surface area contributed by atoms with E-state index in [0.717, 1.165) is 35.4 Å². The van der Waals surface area contributed by atoms with Crippen LogP contribution in [0.2, 0.25) is 0 Å². The molecule has 7 heteroatoms. The Balaban J connectivity index is 1.09. The van der Waals surface area contributed by atoms with E-state index >= 15 is 0 Å². The van der Waals surface area contributed by atoms with E-state index in [4.69, 9.17) is 4.74 Å². The molecule has 3 aromatic rings. The second kappa shape index (κ2) is 8.65. The molecule has 0 unspecified atom stereocenters. The Morgan fingerprint density at radius 1 is 0.917 bits per heavy atom. The third-order valence-corrected chi connectivity index (χ3v) is 9.84. The van der Waals surface area contributed by atoms with Crippen molar-refractivity contribution >= 4 is 74.0 Å². The first-order chi connectivity index (χ1) is 17.5. The summed E-state index contributed by atoms with van der Waals surface area (Å²) in [5.41, 5.74) is 1.97. The SMILES string of the molecule is O=C1[C@@H]2[C@@H]3C=C[C@H]([C@@H]4C[C@H]34)[C@@H]2C(=O)N1/N=C\c1cc(I)c(OCc2cccc3ccccc23)c(I)c1. The number of ether oxygens (including phenoxy) is 1. The predicted molar refractivity (Wildman–Crippen MR) is 154 cm³/mol. The van der Waals surface area contributed by atoms with Gasteiger partial charge < -0.3 is 4.74 Å². The van der Waals surface area contributed by atoms with Gasteiger partial charge in [0.2, 0.25) is 0 Å². The molecule has 1 aliphatic heterocycles. The van der Waals surface area contributed by atoms with Crippen molar-refractivity contribution in [1.82, 2.24) is 5.01 Å². The zero-order valence-corrected chi connectivity index (χ0v) is 23.5. The van der Waals surface area contributed by atoms with E-state index < -0.39 is 0 Å². The Hall–Kier alpha value is -2.27. The number of nitrogens with zero attached hydrogens (tertiary/aromatic N) is 2. The third kappa shape index (κ3) is 3.56. The molecule has 2 bridgehead atoms. The van der Waals surface area contributed by atoms with Crippen molar-refractivity contribution < 1.29 is 14.3 Å². The average Bonchev–Trinajstić information content (AvgIpc) is 3.66. The molecule has 5 aliphatic rings. The van der Waals surface area contributed by atoms with Gasteiger partial charge in [-0.2, -0.15) is 10.1 Å². The molecule has 2 saturated carbocycles. The predicted octanol–water partition coefficient (Wildman–Crippen LogP) is 6.02. The molecule has 180 valence electrons. The summed E-state index contributed by atoms with van der Waals surface area (Å²) in [5.74, 6) is 1.71. The van der Waals surface area contributed by atoms with Crippen molar-refractivity contribution in [2.24, 2.45) is 40.6 Å². The number of rotatable bonds is 5. The Labute approximate surface area is 236 Å². The largest absolute Gasteiger partial charge is 0.487 e. The maximum atomic E-state index is 13.2. The van der Waals surface area contributed by atoms with Crippen molar-refractivity contribution in [2.45, 2.75) is 13.0 Å². The van der Waals surface area contributed by atoms with E-state index in [1.807, 2.05) is 24.3 Å². The van der Waals surface area contributed by atoms with Crippen molar-refractivity contribution in [3.8, 4) is 5.75 Å². The quantitative estimate of drug-likeness (QED) is 0.142. The second-order valence-electron chi connectivity index (χ2n) is 10.1. The molecule has 36 heavy (non-hydrogen) atoms. The fourth-order valence-corrected chi connectivity index (χ4v) is 8.67. The van der Waals surface area contributed by atoms with Crippen LogP contribution in [-0.4, -0.2) is 23.0 Å². The minimum Gasteiger partial charge on any atom is -0.487 e. The van der Waals surface area contributed by atoms with Crippen LogP contribution in [0.5, 0.6) is 5.75 Å². The molecule has 0 N–H and O–H groups in total. The van der Waals surface area contributed by atoms with Gasteiger partial charge in [0.1, 0.15) is 12.4 Å². The Bertz CT molecular complexity index is 1430. The fourth-order valence-electron chi connectivity index (χ4n) is 6.54. The van der Waals surface area contributed by atoms with Crippen molar-refractivity contribution in [3.63, 3.8) is 0 Å². The first-order valence-electron chi connectivity index (χ1n) is 12.2. The summed E-state index contributed by atoms with van der Waals surface area (Å²) in [5, 5.41) is 7.91. The van der Waals surface area contributed by atoms with E-state index in [9.17, 15) is 9.59 Å². The molecule has 0 radical (unpaired) electrons. The summed E-state index contributed by atoms with van der Waals surface area (Å²) in [4.78, 5) is 26.3. The van der Waals surface area contributed by atoms with Crippen LogP contribution in [0.25, 0.3) is 10.8 Å². The number of benzene rings is 3. The van der Waals surface area contributed by atoms with E-state index in [2.05, 4.69) is 92.8 Å². The van der Waals surface area contributed by atoms with Gasteiger partial charge in [-0.3, -0.25) is 9.59 Å². The Morgan fingerprint density at radius 3 is 2.25 bits per heavy atom. The zero-order valence-electron chi connectivity index (χ0n) is 19.2. The highest BCUT2D eigenvalue weighted by molar-refractivity contribution is 14.1. The lowest BCUT2D eigenvalue weighted by Gasteiger charge is -2.37. The molecule has 6 atom stereocenters. The molecule has 0 spiro atoms. The highest BCUT2D eigenvalue weighted by Gasteiger charge is 2.67. The minimum absolute atomic E-state index is 0.134. The fraction of sp³-hybridized carbons (Fsp3) is 0.276. The molecular formula is C29H22I2N2O3. The number of hydrogen-bond acceptors (Lipinski definition) is 4. The smallest absolute Gasteiger partial charge is 0.254 e. The summed E-state index contributed by atoms with van der Waals surface area (Å²) < 4.78 is 8.16. The number of hydrogen-bond donors (Lipinski definition) is 0. The zero-order chi connectivity index (χ0) is 24.6. The maximum Gasteiger partial charge on any atom is 0.254 e. The van der Waals surface area contributed by atoms with Gasteiger partial charge in [0.15, 0.2) is 0 Å². The third-order valence-electron chi connectivity index (χ3n) is 8.23. The normalized spacial score (nSPS) is 29.8. The van der Waals surface area contributed by atoms with Crippen LogP contribution >= 0.6 is 45.2 Å². The summed E-state index contributed by atoms with van der Waals surface area (Å²) >= 11 is 4.54. The van der Waals surface area contributed by atoms with Crippen LogP contribution in [0, 0.1) is 42.6 Å². The van der Waals surface area contributed by atoms with Crippen LogP contribution in [-0.2, 0) is 16.2 Å². The molecular weight excluding hydrogens is 678 g/mol. The van der Waals surface area contributed by atoms with Crippen LogP contribution in [0.4, 0.5) is 0 Å². The molecule has 2 amide bonds. The molecule has 3 fully saturated rings. The molecule has 4 aliphatic carbocycles. The summed E-state index contributed by atoms with van der Waals surface area (Å²) in [6, 6.07) is 18.5. The van der Waals surface area contributed by atoms with Crippen LogP contribution in [0.15, 0.2) is 71.9 Å². The number of amides is 2. The van der Waals surface area contributed by atoms with Crippen molar-refractivity contribution in [3.05, 3.63) is 85.0 Å². The van der Waals surface area contributed by atoms with Crippen LogP contribution < -0.4 is 4.74 Å². The summed E-state index contributed by atoms with van der Waals surface area (Å²) in [7, 11) is 0. The molecule has 0 aromatic heterocycles. The number of carbonyl (C=O) groups excluding carboxylic acids is 2. The number of imide groups is 1. The monoisotopic (exact) mass is 700 g/mol. The number of allylic oxidation sites excluding steroid dienone is 2. The van der Waals surface area contributed by atoms with E-state index in [1.165, 1.54) is 10.8 Å². The number of halogens is 2. The Morgan fingerprint density at radius 2 is 1.56 bits per heavy atom. The molecule has 1 saturated heterocycles. The van der Waals surface area contributed by atoms with Gasteiger partial charge in [0.05, 0.1) is 25.2 Å². The minimum atomic E-state index is -0.224. The molecule has 5 nitrogen and oxygen atoms in total. The summed E-state index contributed by atoms with van der Waals surface area (Å²) in [6.45, 7) is 0.471. The second-order valence-corrected chi connectivity index (χ2v) is 12.5. The first kappa shape index (κ1) is 22.9. The summed E-state index contributed by atoms with van der Waals surface area (Å²) in [6.07, 6.45) is 7.15. The van der Waals surface area contributed by atoms with Crippen molar-refractivity contribution in [2.75, 3.05) is 0 Å². The van der Waals surface area contributed by atoms with Gasteiger partial charge in [0.25, 0.3) is 11.8 Å². The molecule has 3 aromatic carbocycles. The molecule has 1 heterocycles. The Kier molecular flexibility index (Phi) is 5.50. The van der Waals surface area contributed by atoms with Gasteiger partial charge in [-0.05, 0) is 109 Å². The van der Waals surface area contributed by atoms with Crippen molar-refractivity contribution in [1.29, 1.82) is 0 Å². The van der Waals surface area contributed by atoms with Crippen LogP contribution in [0.3, 0.4) is 0 Å². The first-order valence-corrected chi connectivity index (χ1v) is 14.4. The standard InChI is InChI=1S/C29H22I2N2O3/c30-23-10-15(11-24(31)27(23)36-14-17-6-3-5-16-4-1-2-7-18(16)17)13-32-33-28(34)25-19-8-9-20(22-12-21(19)22)26(25)29(33)35/h1-11,13,19-22,25-26H,12,14H2/b32-13-/t19-,20-,21-,22+,25-,26+/m1/s1. The van der Waals surface area contributed by atoms with Gasteiger partial charge >= 0.3 is 0 Å². The van der Waals surface area contributed by atoms with E-state index in [1.54, 1.807) is 6.21 Å². The van der Waals surface area contributed by atoms with Gasteiger partial charge in [-0.25, -0.2) is 0 Å². The number of fused-ring (bicyclic) bond motifs is 1. The van der Waals surface area contributed by atoms with Gasteiger partial charge in [-0.15, -0.1) is 0 Å². The van der Waals surface area contributed by atoms with E-state index in [0.29, 0.717) is 18.4 Å². The highest BCUT2D eigenvalue weighted by atomic mass is 127. The lowest BCUT2D eigenvalue weighted by atomic mass is 9.63. The highest BCUT2D eigenvalue weighted by Crippen LogP contribution is 2.65. The lowest BCUT2D eigenvalue weighted by molar-refractivity contribution is -0.140. The van der Waals surface area contributed by atoms with E-state index in [-0.39, 0.29) is 35.5 Å². The number of hydrazone groups is 1. The maximum absolute atomic E-state index is 13.2. The average molecular weight is 700 g/mol. The molecule has 8 rings (SSSR count). The van der Waals surface area contributed by atoms with Gasteiger partial charge in [0, 0.05) is 0 Å². The lowest BCUT2D eigenvalue weighted by Crippen LogP contribution is -2.40. The number of carbonyl (C=O) groups is 2. The topological polar surface area (TPSA) is 59.0 Å².